The molecule has 0 bridgehead atoms. The third kappa shape index (κ3) is 3.05. The molecule has 0 aromatic heterocycles. The Morgan fingerprint density at radius 1 is 1.15 bits per heavy atom. The Balaban J connectivity index is 1.68. The Bertz CT molecular complexity index is 773. The van der Waals surface area contributed by atoms with Crippen LogP contribution in [-0.4, -0.2) is 30.6 Å². The van der Waals surface area contributed by atoms with Gasteiger partial charge in [-0.05, 0) is 42.9 Å². The van der Waals surface area contributed by atoms with Gasteiger partial charge in [0, 0.05) is 25.0 Å². The molecule has 1 spiro atoms. The Hall–Kier alpha value is -2.13. The Morgan fingerprint density at radius 3 is 2.73 bits per heavy atom. The Labute approximate surface area is 156 Å². The summed E-state index contributed by atoms with van der Waals surface area (Å²) in [5.41, 5.74) is 3.99. The summed E-state index contributed by atoms with van der Waals surface area (Å²) >= 11 is 0. The van der Waals surface area contributed by atoms with Crippen LogP contribution in [0.4, 0.5) is 0 Å². The maximum absolute atomic E-state index is 12.9. The second-order valence-electron chi connectivity index (χ2n) is 7.63. The average Bonchev–Trinajstić information content (AvgIpc) is 3.02. The van der Waals surface area contributed by atoms with Gasteiger partial charge in [0.25, 0.3) is 0 Å². The molecular formula is C23H27NO2. The zero-order valence-electron chi connectivity index (χ0n) is 15.5. The van der Waals surface area contributed by atoms with Gasteiger partial charge in [0.15, 0.2) is 0 Å². The predicted molar refractivity (Wildman–Crippen MR) is 103 cm³/mol. The summed E-state index contributed by atoms with van der Waals surface area (Å²) in [6.45, 7) is 4.95. The van der Waals surface area contributed by atoms with E-state index in [2.05, 4.69) is 53.4 Å². The lowest BCUT2D eigenvalue weighted by Gasteiger charge is -2.39. The smallest absolute Gasteiger partial charge is 0.311 e. The first kappa shape index (κ1) is 17.3. The lowest BCUT2D eigenvalue weighted by atomic mass is 9.64. The van der Waals surface area contributed by atoms with Crippen LogP contribution in [-0.2, 0) is 27.9 Å². The van der Waals surface area contributed by atoms with Gasteiger partial charge in [0.2, 0.25) is 0 Å². The monoisotopic (exact) mass is 349 g/mol. The van der Waals surface area contributed by atoms with E-state index < -0.39 is 0 Å². The van der Waals surface area contributed by atoms with Crippen molar-refractivity contribution in [2.24, 2.45) is 5.92 Å². The number of nitrogens with zero attached hydrogens (tertiary/aromatic N) is 1. The molecule has 1 heterocycles. The van der Waals surface area contributed by atoms with E-state index in [9.17, 15) is 4.79 Å². The largest absolute Gasteiger partial charge is 0.466 e. The van der Waals surface area contributed by atoms with Crippen molar-refractivity contribution in [3.8, 4) is 0 Å². The topological polar surface area (TPSA) is 29.5 Å². The molecule has 3 nitrogen and oxygen atoms in total. The molecule has 1 fully saturated rings. The van der Waals surface area contributed by atoms with Crippen molar-refractivity contribution < 1.29 is 9.53 Å². The average molecular weight is 349 g/mol. The fourth-order valence-corrected chi connectivity index (χ4v) is 4.99. The van der Waals surface area contributed by atoms with Gasteiger partial charge in [-0.25, -0.2) is 0 Å². The van der Waals surface area contributed by atoms with Crippen LogP contribution in [0.2, 0.25) is 0 Å². The molecule has 4 rings (SSSR count). The first-order valence-electron chi connectivity index (χ1n) is 9.74. The summed E-state index contributed by atoms with van der Waals surface area (Å²) in [4.78, 5) is 15.3. The predicted octanol–water partition coefficient (Wildman–Crippen LogP) is 3.96. The molecule has 0 radical (unpaired) electrons. The SMILES string of the molecule is CCOC(=O)C1CN(Cc2ccccc2)CC12CCCc1ccccc12. The molecule has 1 aliphatic carbocycles. The highest BCUT2D eigenvalue weighted by molar-refractivity contribution is 5.76. The van der Waals surface area contributed by atoms with Crippen molar-refractivity contribution in [1.82, 2.24) is 4.90 Å². The van der Waals surface area contributed by atoms with Crippen molar-refractivity contribution in [3.05, 3.63) is 71.3 Å². The minimum Gasteiger partial charge on any atom is -0.466 e. The number of aryl methyl sites for hydroxylation is 1. The maximum Gasteiger partial charge on any atom is 0.311 e. The molecule has 2 aromatic carbocycles. The highest BCUT2D eigenvalue weighted by Crippen LogP contribution is 2.48. The van der Waals surface area contributed by atoms with Crippen molar-refractivity contribution in [1.29, 1.82) is 0 Å². The standard InChI is InChI=1S/C23H27NO2/c1-2-26-22(25)21-16-24(15-18-9-4-3-5-10-18)17-23(21)14-8-12-19-11-6-7-13-20(19)23/h3-7,9-11,13,21H,2,8,12,14-17H2,1H3. The molecule has 0 N–H and O–H groups in total. The quantitative estimate of drug-likeness (QED) is 0.783. The van der Waals surface area contributed by atoms with Crippen LogP contribution in [0.5, 0.6) is 0 Å². The summed E-state index contributed by atoms with van der Waals surface area (Å²) in [7, 11) is 0. The number of likely N-dealkylation sites (tertiary alicyclic amines) is 1. The normalized spacial score (nSPS) is 25.2. The molecule has 2 aliphatic rings. The zero-order chi connectivity index (χ0) is 18.0. The van der Waals surface area contributed by atoms with Crippen LogP contribution in [0.1, 0.15) is 36.5 Å². The van der Waals surface area contributed by atoms with Gasteiger partial charge in [-0.2, -0.15) is 0 Å². The molecule has 2 aromatic rings. The van der Waals surface area contributed by atoms with Gasteiger partial charge in [0.1, 0.15) is 0 Å². The molecule has 2 unspecified atom stereocenters. The van der Waals surface area contributed by atoms with E-state index in [0.29, 0.717) is 6.61 Å². The van der Waals surface area contributed by atoms with Crippen molar-refractivity contribution in [3.63, 3.8) is 0 Å². The molecular weight excluding hydrogens is 322 g/mol. The molecule has 2 atom stereocenters. The van der Waals surface area contributed by atoms with E-state index in [1.807, 2.05) is 13.0 Å². The Morgan fingerprint density at radius 2 is 1.92 bits per heavy atom. The summed E-state index contributed by atoms with van der Waals surface area (Å²) in [5, 5.41) is 0. The summed E-state index contributed by atoms with van der Waals surface area (Å²) in [6.07, 6.45) is 3.33. The number of benzene rings is 2. The number of hydrogen-bond acceptors (Lipinski definition) is 3. The van der Waals surface area contributed by atoms with Crippen LogP contribution in [0.3, 0.4) is 0 Å². The summed E-state index contributed by atoms with van der Waals surface area (Å²) in [5.74, 6) is -0.104. The van der Waals surface area contributed by atoms with E-state index in [-0.39, 0.29) is 17.3 Å². The highest BCUT2D eigenvalue weighted by atomic mass is 16.5. The van der Waals surface area contributed by atoms with Crippen molar-refractivity contribution >= 4 is 5.97 Å². The lowest BCUT2D eigenvalue weighted by Crippen LogP contribution is -2.42. The number of carbonyl (C=O) groups excluding carboxylic acids is 1. The molecule has 3 heteroatoms. The van der Waals surface area contributed by atoms with Gasteiger partial charge in [-0.1, -0.05) is 54.6 Å². The van der Waals surface area contributed by atoms with Gasteiger partial charge >= 0.3 is 5.97 Å². The number of fused-ring (bicyclic) bond motifs is 2. The van der Waals surface area contributed by atoms with Crippen LogP contribution < -0.4 is 0 Å². The van der Waals surface area contributed by atoms with Crippen molar-refractivity contribution in [2.45, 2.75) is 38.1 Å². The van der Waals surface area contributed by atoms with Gasteiger partial charge in [0.05, 0.1) is 12.5 Å². The zero-order valence-corrected chi connectivity index (χ0v) is 15.5. The molecule has 0 amide bonds. The number of rotatable bonds is 4. The number of carbonyl (C=O) groups is 1. The van der Waals surface area contributed by atoms with E-state index in [4.69, 9.17) is 4.74 Å². The third-order valence-corrected chi connectivity index (χ3v) is 6.06. The first-order chi connectivity index (χ1) is 12.7. The van der Waals surface area contributed by atoms with E-state index in [0.717, 1.165) is 38.9 Å². The van der Waals surface area contributed by atoms with E-state index in [1.54, 1.807) is 0 Å². The second-order valence-corrected chi connectivity index (χ2v) is 7.63. The van der Waals surface area contributed by atoms with Crippen molar-refractivity contribution in [2.75, 3.05) is 19.7 Å². The minimum atomic E-state index is -0.101. The van der Waals surface area contributed by atoms with Crippen LogP contribution >= 0.6 is 0 Å². The number of ether oxygens (including phenoxy) is 1. The van der Waals surface area contributed by atoms with Crippen LogP contribution in [0, 0.1) is 5.92 Å². The molecule has 1 aliphatic heterocycles. The second kappa shape index (κ2) is 7.24. The first-order valence-corrected chi connectivity index (χ1v) is 9.74. The lowest BCUT2D eigenvalue weighted by molar-refractivity contribution is -0.149. The van der Waals surface area contributed by atoms with Crippen LogP contribution in [0.15, 0.2) is 54.6 Å². The third-order valence-electron chi connectivity index (χ3n) is 6.06. The number of esters is 1. The molecule has 0 saturated carbocycles. The fraction of sp³-hybridized carbons (Fsp3) is 0.435. The van der Waals surface area contributed by atoms with Gasteiger partial charge in [-0.15, -0.1) is 0 Å². The molecule has 1 saturated heterocycles. The van der Waals surface area contributed by atoms with E-state index in [1.165, 1.54) is 16.7 Å². The van der Waals surface area contributed by atoms with Crippen LogP contribution in [0.25, 0.3) is 0 Å². The molecule has 26 heavy (non-hydrogen) atoms. The fourth-order valence-electron chi connectivity index (χ4n) is 4.99. The summed E-state index contributed by atoms with van der Waals surface area (Å²) in [6, 6.07) is 19.3. The molecule has 136 valence electrons. The van der Waals surface area contributed by atoms with Gasteiger partial charge < -0.3 is 4.74 Å². The van der Waals surface area contributed by atoms with E-state index >= 15 is 0 Å². The highest BCUT2D eigenvalue weighted by Gasteiger charge is 2.53. The van der Waals surface area contributed by atoms with Gasteiger partial charge in [-0.3, -0.25) is 9.69 Å². The maximum atomic E-state index is 12.9. The minimum absolute atomic E-state index is 0.0280. The Kier molecular flexibility index (Phi) is 4.82. The number of hydrogen-bond donors (Lipinski definition) is 0. The summed E-state index contributed by atoms with van der Waals surface area (Å²) < 4.78 is 5.50.